The minimum Gasteiger partial charge on any atom is -0.354 e. The third-order valence-electron chi connectivity index (χ3n) is 4.75. The molecule has 0 saturated carbocycles. The molecule has 25 heavy (non-hydrogen) atoms. The Morgan fingerprint density at radius 3 is 3.16 bits per heavy atom. The Balaban J connectivity index is 1.27. The van der Waals surface area contributed by atoms with E-state index in [1.807, 2.05) is 42.5 Å². The second-order valence-electron chi connectivity index (χ2n) is 6.47. The van der Waals surface area contributed by atoms with E-state index in [9.17, 15) is 4.79 Å². The van der Waals surface area contributed by atoms with Crippen LogP contribution in [-0.4, -0.2) is 42.9 Å². The van der Waals surface area contributed by atoms with Crippen molar-refractivity contribution in [3.63, 3.8) is 0 Å². The standard InChI is InChI=1S/C19H22N4OS/c1-13-3-2-4-14(11-13)18(24)20-7-8-21-19-22-12-16-15-6-10-25-17(15)5-9-23(16)19/h2-4,6,10-11,16H,5,7-9,12H2,1H3,(H,20,24)(H,21,22). The summed E-state index contributed by atoms with van der Waals surface area (Å²) in [4.78, 5) is 20.7. The van der Waals surface area contributed by atoms with E-state index in [1.54, 1.807) is 0 Å². The molecule has 2 aliphatic rings. The van der Waals surface area contributed by atoms with Crippen LogP contribution in [0.2, 0.25) is 0 Å². The van der Waals surface area contributed by atoms with Gasteiger partial charge in [-0.3, -0.25) is 9.79 Å². The van der Waals surface area contributed by atoms with Gasteiger partial charge in [0, 0.05) is 30.1 Å². The molecule has 6 heteroatoms. The number of nitrogens with zero attached hydrogens (tertiary/aromatic N) is 2. The molecular formula is C19H22N4OS. The molecule has 5 nitrogen and oxygen atoms in total. The van der Waals surface area contributed by atoms with Crippen molar-refractivity contribution in [2.24, 2.45) is 4.99 Å². The van der Waals surface area contributed by atoms with Crippen molar-refractivity contribution in [1.82, 2.24) is 15.5 Å². The molecule has 2 aromatic rings. The number of carbonyl (C=O) groups is 1. The van der Waals surface area contributed by atoms with E-state index in [0.717, 1.165) is 31.0 Å². The van der Waals surface area contributed by atoms with Gasteiger partial charge in [0.2, 0.25) is 0 Å². The quantitative estimate of drug-likeness (QED) is 0.829. The average molecular weight is 354 g/mol. The lowest BCUT2D eigenvalue weighted by Gasteiger charge is -2.32. The SMILES string of the molecule is Cc1cccc(C(=O)NCCNC2=NCC3c4ccsc4CCN23)c1. The van der Waals surface area contributed by atoms with Crippen LogP contribution >= 0.6 is 11.3 Å². The van der Waals surface area contributed by atoms with Gasteiger partial charge in [-0.05, 0) is 42.5 Å². The van der Waals surface area contributed by atoms with E-state index in [0.29, 0.717) is 24.7 Å². The predicted molar refractivity (Wildman–Crippen MR) is 101 cm³/mol. The van der Waals surface area contributed by atoms with Crippen LogP contribution in [0, 0.1) is 6.92 Å². The highest BCUT2D eigenvalue weighted by Gasteiger charge is 2.33. The van der Waals surface area contributed by atoms with Crippen LogP contribution in [0.4, 0.5) is 0 Å². The van der Waals surface area contributed by atoms with Crippen molar-refractivity contribution in [1.29, 1.82) is 0 Å². The highest BCUT2D eigenvalue weighted by molar-refractivity contribution is 7.10. The maximum absolute atomic E-state index is 12.2. The Kier molecular flexibility index (Phi) is 4.44. The summed E-state index contributed by atoms with van der Waals surface area (Å²) < 4.78 is 0. The second kappa shape index (κ2) is 6.88. The van der Waals surface area contributed by atoms with Gasteiger partial charge < -0.3 is 15.5 Å². The first kappa shape index (κ1) is 16.1. The van der Waals surface area contributed by atoms with Crippen molar-refractivity contribution in [2.45, 2.75) is 19.4 Å². The van der Waals surface area contributed by atoms with Crippen molar-refractivity contribution in [3.05, 3.63) is 57.3 Å². The Morgan fingerprint density at radius 2 is 2.28 bits per heavy atom. The second-order valence-corrected chi connectivity index (χ2v) is 7.48. The van der Waals surface area contributed by atoms with Gasteiger partial charge in [-0.2, -0.15) is 0 Å². The zero-order valence-electron chi connectivity index (χ0n) is 14.3. The number of aryl methyl sites for hydroxylation is 1. The zero-order valence-corrected chi connectivity index (χ0v) is 15.1. The molecule has 130 valence electrons. The molecule has 1 amide bonds. The summed E-state index contributed by atoms with van der Waals surface area (Å²) in [7, 11) is 0. The largest absolute Gasteiger partial charge is 0.354 e. The maximum Gasteiger partial charge on any atom is 0.251 e. The van der Waals surface area contributed by atoms with Gasteiger partial charge in [0.1, 0.15) is 0 Å². The first-order chi connectivity index (χ1) is 12.2. The fourth-order valence-corrected chi connectivity index (χ4v) is 4.43. The smallest absolute Gasteiger partial charge is 0.251 e. The van der Waals surface area contributed by atoms with Crippen molar-refractivity contribution in [3.8, 4) is 0 Å². The Hall–Kier alpha value is -2.34. The van der Waals surface area contributed by atoms with Gasteiger partial charge in [-0.1, -0.05) is 17.7 Å². The summed E-state index contributed by atoms with van der Waals surface area (Å²) in [6.45, 7) is 5.08. The molecule has 1 aromatic carbocycles. The average Bonchev–Trinajstić information content (AvgIpc) is 3.24. The zero-order chi connectivity index (χ0) is 17.2. The fourth-order valence-electron chi connectivity index (χ4n) is 3.51. The van der Waals surface area contributed by atoms with Gasteiger partial charge >= 0.3 is 0 Å². The molecule has 1 unspecified atom stereocenters. The maximum atomic E-state index is 12.2. The number of hydrogen-bond acceptors (Lipinski definition) is 5. The topological polar surface area (TPSA) is 56.7 Å². The van der Waals surface area contributed by atoms with Crippen LogP contribution in [0.25, 0.3) is 0 Å². The van der Waals surface area contributed by atoms with Gasteiger partial charge in [0.25, 0.3) is 5.91 Å². The summed E-state index contributed by atoms with van der Waals surface area (Å²) in [6.07, 6.45) is 1.09. The first-order valence-corrected chi connectivity index (χ1v) is 9.56. The molecule has 0 saturated heterocycles. The summed E-state index contributed by atoms with van der Waals surface area (Å²) in [6, 6.07) is 10.3. The molecular weight excluding hydrogens is 332 g/mol. The van der Waals surface area contributed by atoms with E-state index < -0.39 is 0 Å². The Morgan fingerprint density at radius 1 is 1.36 bits per heavy atom. The van der Waals surface area contributed by atoms with E-state index in [-0.39, 0.29) is 5.91 Å². The number of hydrogen-bond donors (Lipinski definition) is 2. The first-order valence-electron chi connectivity index (χ1n) is 8.68. The minimum absolute atomic E-state index is 0.0300. The molecule has 3 heterocycles. The molecule has 1 atom stereocenters. The number of thiophene rings is 1. The Bertz CT molecular complexity index is 813. The minimum atomic E-state index is -0.0300. The lowest BCUT2D eigenvalue weighted by molar-refractivity contribution is 0.0954. The van der Waals surface area contributed by atoms with Crippen LogP contribution in [0.1, 0.15) is 32.4 Å². The molecule has 0 radical (unpaired) electrons. The molecule has 2 aliphatic heterocycles. The van der Waals surface area contributed by atoms with Gasteiger partial charge in [-0.15, -0.1) is 11.3 Å². The third kappa shape index (κ3) is 3.26. The summed E-state index contributed by atoms with van der Waals surface area (Å²) >= 11 is 1.85. The molecule has 0 fully saturated rings. The summed E-state index contributed by atoms with van der Waals surface area (Å²) in [5, 5.41) is 8.53. The molecule has 1 aromatic heterocycles. The summed E-state index contributed by atoms with van der Waals surface area (Å²) in [5.41, 5.74) is 3.24. The Labute approximate surface area is 151 Å². The van der Waals surface area contributed by atoms with E-state index in [2.05, 4.69) is 32.0 Å². The van der Waals surface area contributed by atoms with Crippen molar-refractivity contribution in [2.75, 3.05) is 26.2 Å². The van der Waals surface area contributed by atoms with E-state index in [1.165, 1.54) is 10.4 Å². The number of nitrogens with one attached hydrogen (secondary N) is 2. The fraction of sp³-hybridized carbons (Fsp3) is 0.368. The molecule has 0 spiro atoms. The van der Waals surface area contributed by atoms with E-state index in [4.69, 9.17) is 0 Å². The molecule has 2 N–H and O–H groups in total. The molecule has 0 aliphatic carbocycles. The van der Waals surface area contributed by atoms with E-state index >= 15 is 0 Å². The van der Waals surface area contributed by atoms with Gasteiger partial charge in [-0.25, -0.2) is 0 Å². The molecule has 4 rings (SSSR count). The number of aliphatic imine (C=N–C) groups is 1. The number of amides is 1. The number of guanidine groups is 1. The number of rotatable bonds is 4. The molecule has 0 bridgehead atoms. The lowest BCUT2D eigenvalue weighted by atomic mass is 10.0. The van der Waals surface area contributed by atoms with Crippen LogP contribution in [0.15, 0.2) is 40.7 Å². The number of benzene rings is 1. The number of fused-ring (bicyclic) bond motifs is 3. The third-order valence-corrected chi connectivity index (χ3v) is 5.75. The van der Waals surface area contributed by atoms with Crippen molar-refractivity contribution < 1.29 is 4.79 Å². The lowest BCUT2D eigenvalue weighted by Crippen LogP contribution is -2.45. The predicted octanol–water partition coefficient (Wildman–Crippen LogP) is 2.34. The van der Waals surface area contributed by atoms with Crippen LogP contribution in [0.3, 0.4) is 0 Å². The monoisotopic (exact) mass is 354 g/mol. The van der Waals surface area contributed by atoms with Gasteiger partial charge in [0.05, 0.1) is 12.6 Å². The van der Waals surface area contributed by atoms with Crippen molar-refractivity contribution >= 4 is 23.2 Å². The highest BCUT2D eigenvalue weighted by Crippen LogP contribution is 2.35. The number of carbonyl (C=O) groups excluding carboxylic acids is 1. The summed E-state index contributed by atoms with van der Waals surface area (Å²) in [5.74, 6) is 0.935. The van der Waals surface area contributed by atoms with Crippen LogP contribution in [-0.2, 0) is 6.42 Å². The normalized spacial score (nSPS) is 18.4. The van der Waals surface area contributed by atoms with Gasteiger partial charge in [0.15, 0.2) is 5.96 Å². The van der Waals surface area contributed by atoms with Crippen LogP contribution in [0.5, 0.6) is 0 Å². The highest BCUT2D eigenvalue weighted by atomic mass is 32.1. The van der Waals surface area contributed by atoms with Crippen LogP contribution < -0.4 is 10.6 Å².